The van der Waals surface area contributed by atoms with Gasteiger partial charge < -0.3 is 15.2 Å². The van der Waals surface area contributed by atoms with Crippen molar-refractivity contribution in [2.45, 2.75) is 57.7 Å². The first-order valence-corrected chi connectivity index (χ1v) is 9.66. The molecule has 2 N–H and O–H groups in total. The van der Waals surface area contributed by atoms with E-state index in [2.05, 4.69) is 12.2 Å². The van der Waals surface area contributed by atoms with Crippen molar-refractivity contribution in [1.82, 2.24) is 5.32 Å². The van der Waals surface area contributed by atoms with E-state index in [-0.39, 0.29) is 0 Å². The predicted molar refractivity (Wildman–Crippen MR) is 84.4 cm³/mol. The summed E-state index contributed by atoms with van der Waals surface area (Å²) >= 11 is 0. The summed E-state index contributed by atoms with van der Waals surface area (Å²) in [6, 6.07) is 0. The van der Waals surface area contributed by atoms with Crippen LogP contribution < -0.4 is 5.32 Å². The van der Waals surface area contributed by atoms with Crippen molar-refractivity contribution in [2.75, 3.05) is 31.7 Å². The number of aliphatic hydroxyl groups excluding tert-OH is 1. The lowest BCUT2D eigenvalue weighted by molar-refractivity contribution is -0.0498. The van der Waals surface area contributed by atoms with Gasteiger partial charge in [-0.2, -0.15) is 0 Å². The number of rotatable bonds is 10. The number of aliphatic hydroxyl groups is 1. The smallest absolute Gasteiger partial charge is 0.0897 e. The average molecular weight is 305 g/mol. The first-order chi connectivity index (χ1) is 9.63. The van der Waals surface area contributed by atoms with E-state index in [0.29, 0.717) is 25.2 Å². The monoisotopic (exact) mass is 305 g/mol. The summed E-state index contributed by atoms with van der Waals surface area (Å²) < 4.78 is 16.8. The van der Waals surface area contributed by atoms with Gasteiger partial charge in [0.25, 0.3) is 0 Å². The molecule has 0 saturated heterocycles. The fourth-order valence-electron chi connectivity index (χ4n) is 2.82. The van der Waals surface area contributed by atoms with Gasteiger partial charge in [0.2, 0.25) is 0 Å². The van der Waals surface area contributed by atoms with Gasteiger partial charge in [-0.3, -0.25) is 4.21 Å². The molecular weight excluding hydrogens is 274 g/mol. The molecule has 0 aliphatic heterocycles. The zero-order valence-electron chi connectivity index (χ0n) is 13.0. The maximum Gasteiger partial charge on any atom is 0.0897 e. The van der Waals surface area contributed by atoms with Crippen molar-refractivity contribution in [3.63, 3.8) is 0 Å². The Morgan fingerprint density at radius 3 is 2.85 bits per heavy atom. The topological polar surface area (TPSA) is 58.6 Å². The van der Waals surface area contributed by atoms with Crippen LogP contribution >= 0.6 is 0 Å². The van der Waals surface area contributed by atoms with Gasteiger partial charge in [0.05, 0.1) is 18.8 Å². The van der Waals surface area contributed by atoms with Crippen LogP contribution in [0.4, 0.5) is 0 Å². The summed E-state index contributed by atoms with van der Waals surface area (Å²) in [6.45, 7) is 4.01. The minimum atomic E-state index is -0.719. The number of ether oxygens (including phenoxy) is 1. The number of hydrogen-bond donors (Lipinski definition) is 2. The third kappa shape index (κ3) is 7.72. The van der Waals surface area contributed by atoms with E-state index in [1.807, 2.05) is 0 Å². The summed E-state index contributed by atoms with van der Waals surface area (Å²) in [5.74, 6) is 1.39. The van der Waals surface area contributed by atoms with Crippen LogP contribution in [0.5, 0.6) is 0 Å². The Bertz CT molecular complexity index is 276. The second kappa shape index (κ2) is 10.7. The third-order valence-electron chi connectivity index (χ3n) is 4.03. The van der Waals surface area contributed by atoms with Crippen molar-refractivity contribution in [2.24, 2.45) is 5.92 Å². The van der Waals surface area contributed by atoms with Crippen molar-refractivity contribution in [1.29, 1.82) is 0 Å². The second-order valence-corrected chi connectivity index (χ2v) is 7.37. The third-order valence-corrected chi connectivity index (χ3v) is 4.90. The fourth-order valence-corrected chi connectivity index (χ4v) is 3.37. The lowest BCUT2D eigenvalue weighted by Crippen LogP contribution is -2.35. The highest BCUT2D eigenvalue weighted by atomic mass is 32.2. The van der Waals surface area contributed by atoms with E-state index in [1.54, 1.807) is 6.26 Å². The molecule has 5 heteroatoms. The van der Waals surface area contributed by atoms with Crippen LogP contribution in [0.2, 0.25) is 0 Å². The van der Waals surface area contributed by atoms with Gasteiger partial charge in [0, 0.05) is 29.4 Å². The Labute approximate surface area is 126 Å². The molecule has 1 aliphatic carbocycles. The van der Waals surface area contributed by atoms with Crippen LogP contribution in [-0.2, 0) is 15.5 Å². The molecule has 4 nitrogen and oxygen atoms in total. The molecule has 1 rings (SSSR count). The highest BCUT2D eigenvalue weighted by Crippen LogP contribution is 2.29. The van der Waals surface area contributed by atoms with E-state index in [4.69, 9.17) is 4.74 Å². The Balaban J connectivity index is 2.06. The van der Waals surface area contributed by atoms with E-state index in [9.17, 15) is 9.32 Å². The summed E-state index contributed by atoms with van der Waals surface area (Å²) in [5, 5.41) is 13.1. The molecular formula is C15H31NO3S. The average Bonchev–Trinajstić information content (AvgIpc) is 2.44. The quantitative estimate of drug-likeness (QED) is 0.603. The SMILES string of the molecule is CCC1CCCCC1OCC(O)CNCCCS(C)=O. The molecule has 0 amide bonds. The van der Waals surface area contributed by atoms with Crippen LogP contribution in [0, 0.1) is 5.92 Å². The lowest BCUT2D eigenvalue weighted by atomic mass is 9.85. The molecule has 120 valence electrons. The molecule has 1 saturated carbocycles. The first kappa shape index (κ1) is 18.1. The summed E-state index contributed by atoms with van der Waals surface area (Å²) in [4.78, 5) is 0. The van der Waals surface area contributed by atoms with Crippen LogP contribution in [0.1, 0.15) is 45.4 Å². The van der Waals surface area contributed by atoms with E-state index >= 15 is 0 Å². The Hall–Kier alpha value is 0.0300. The Kier molecular flexibility index (Phi) is 9.68. The molecule has 0 radical (unpaired) electrons. The standard InChI is InChI=1S/C15H31NO3S/c1-3-13-7-4-5-8-15(13)19-12-14(17)11-16-9-6-10-20(2)18/h13-17H,3-12H2,1-2H3. The molecule has 4 unspecified atom stereocenters. The van der Waals surface area contributed by atoms with E-state index in [1.165, 1.54) is 25.7 Å². The van der Waals surface area contributed by atoms with Crippen molar-refractivity contribution >= 4 is 10.8 Å². The minimum Gasteiger partial charge on any atom is -0.389 e. The van der Waals surface area contributed by atoms with Gasteiger partial charge in [-0.1, -0.05) is 26.2 Å². The normalized spacial score (nSPS) is 26.4. The number of nitrogens with one attached hydrogen (secondary N) is 1. The molecule has 20 heavy (non-hydrogen) atoms. The summed E-state index contributed by atoms with van der Waals surface area (Å²) in [7, 11) is -0.719. The Morgan fingerprint density at radius 2 is 2.15 bits per heavy atom. The van der Waals surface area contributed by atoms with Gasteiger partial charge in [0.1, 0.15) is 0 Å². The fraction of sp³-hybridized carbons (Fsp3) is 1.00. The maximum absolute atomic E-state index is 10.9. The number of hydrogen-bond acceptors (Lipinski definition) is 4. The molecule has 4 atom stereocenters. The zero-order valence-corrected chi connectivity index (χ0v) is 13.8. The van der Waals surface area contributed by atoms with Gasteiger partial charge >= 0.3 is 0 Å². The molecule has 0 aromatic rings. The van der Waals surface area contributed by atoms with Gasteiger partial charge in [-0.25, -0.2) is 0 Å². The summed E-state index contributed by atoms with van der Waals surface area (Å²) in [5.41, 5.74) is 0. The minimum absolute atomic E-state index is 0.339. The molecule has 0 aromatic heterocycles. The van der Waals surface area contributed by atoms with Crippen LogP contribution in [0.3, 0.4) is 0 Å². The largest absolute Gasteiger partial charge is 0.389 e. The van der Waals surface area contributed by atoms with Crippen LogP contribution in [0.15, 0.2) is 0 Å². The van der Waals surface area contributed by atoms with Gasteiger partial charge in [-0.05, 0) is 31.7 Å². The lowest BCUT2D eigenvalue weighted by Gasteiger charge is -2.31. The molecule has 0 spiro atoms. The highest BCUT2D eigenvalue weighted by molar-refractivity contribution is 7.84. The van der Waals surface area contributed by atoms with Gasteiger partial charge in [-0.15, -0.1) is 0 Å². The summed E-state index contributed by atoms with van der Waals surface area (Å²) in [6.07, 6.45) is 8.66. The first-order valence-electron chi connectivity index (χ1n) is 7.93. The van der Waals surface area contributed by atoms with Crippen LogP contribution in [0.25, 0.3) is 0 Å². The van der Waals surface area contributed by atoms with Crippen molar-refractivity contribution in [3.8, 4) is 0 Å². The van der Waals surface area contributed by atoms with Crippen LogP contribution in [-0.4, -0.2) is 53.2 Å². The Morgan fingerprint density at radius 1 is 1.40 bits per heavy atom. The van der Waals surface area contributed by atoms with E-state index < -0.39 is 16.9 Å². The maximum atomic E-state index is 10.9. The van der Waals surface area contributed by atoms with E-state index in [0.717, 1.165) is 25.1 Å². The highest BCUT2D eigenvalue weighted by Gasteiger charge is 2.24. The molecule has 1 fully saturated rings. The molecule has 0 heterocycles. The molecule has 1 aliphatic rings. The predicted octanol–water partition coefficient (Wildman–Crippen LogP) is 1.69. The second-order valence-electron chi connectivity index (χ2n) is 5.81. The molecule has 0 bridgehead atoms. The van der Waals surface area contributed by atoms with Crippen molar-refractivity contribution < 1.29 is 14.1 Å². The molecule has 0 aromatic carbocycles. The van der Waals surface area contributed by atoms with Gasteiger partial charge in [0.15, 0.2) is 0 Å². The van der Waals surface area contributed by atoms with Crippen molar-refractivity contribution in [3.05, 3.63) is 0 Å². The zero-order chi connectivity index (χ0) is 14.8.